The van der Waals surface area contributed by atoms with Crippen molar-refractivity contribution in [3.8, 4) is 11.3 Å². The number of nitrogens with zero attached hydrogens (tertiary/aromatic N) is 3. The van der Waals surface area contributed by atoms with Crippen molar-refractivity contribution in [1.29, 1.82) is 0 Å². The lowest BCUT2D eigenvalue weighted by molar-refractivity contribution is 0.254. The molecule has 0 spiro atoms. The number of fused-ring (bicyclic) bond motifs is 1. The highest BCUT2D eigenvalue weighted by atomic mass is 19.1. The van der Waals surface area contributed by atoms with Gasteiger partial charge in [-0.3, -0.25) is 0 Å². The van der Waals surface area contributed by atoms with Crippen LogP contribution in [-0.2, 0) is 0 Å². The zero-order valence-corrected chi connectivity index (χ0v) is 14.1. The SMILES string of the molecule is Nc1cc(-c2cccc3c2cc(N)n3C(=O)Nc2ccc(F)cc2)ncn1. The molecule has 0 atom stereocenters. The zero-order chi connectivity index (χ0) is 19.0. The van der Waals surface area contributed by atoms with Crippen LogP contribution in [-0.4, -0.2) is 20.6 Å². The number of hydrogen-bond acceptors (Lipinski definition) is 5. The van der Waals surface area contributed by atoms with E-state index in [4.69, 9.17) is 11.5 Å². The number of carbonyl (C=O) groups is 1. The van der Waals surface area contributed by atoms with Gasteiger partial charge in [0.15, 0.2) is 0 Å². The van der Waals surface area contributed by atoms with Crippen molar-refractivity contribution in [2.45, 2.75) is 0 Å². The minimum atomic E-state index is -0.451. The molecule has 0 fully saturated rings. The van der Waals surface area contributed by atoms with Crippen molar-refractivity contribution in [3.05, 3.63) is 66.7 Å². The molecule has 7 nitrogen and oxygen atoms in total. The van der Waals surface area contributed by atoms with Gasteiger partial charge in [-0.05, 0) is 36.4 Å². The van der Waals surface area contributed by atoms with Crippen LogP contribution < -0.4 is 16.8 Å². The van der Waals surface area contributed by atoms with Gasteiger partial charge >= 0.3 is 6.03 Å². The van der Waals surface area contributed by atoms with Gasteiger partial charge in [0.1, 0.15) is 23.8 Å². The van der Waals surface area contributed by atoms with E-state index in [1.165, 1.54) is 35.2 Å². The molecule has 5 N–H and O–H groups in total. The molecule has 0 bridgehead atoms. The minimum Gasteiger partial charge on any atom is -0.385 e. The molecular weight excluding hydrogens is 347 g/mol. The smallest absolute Gasteiger partial charge is 0.332 e. The van der Waals surface area contributed by atoms with Gasteiger partial charge in [0.2, 0.25) is 0 Å². The van der Waals surface area contributed by atoms with Gasteiger partial charge in [-0.15, -0.1) is 0 Å². The maximum atomic E-state index is 13.0. The van der Waals surface area contributed by atoms with E-state index in [0.717, 1.165) is 10.9 Å². The number of halogens is 1. The van der Waals surface area contributed by atoms with Crippen LogP contribution in [0.1, 0.15) is 0 Å². The number of nitrogen functional groups attached to an aromatic ring is 2. The van der Waals surface area contributed by atoms with Crippen LogP contribution in [0.15, 0.2) is 60.9 Å². The monoisotopic (exact) mass is 362 g/mol. The lowest BCUT2D eigenvalue weighted by atomic mass is 10.1. The summed E-state index contributed by atoms with van der Waals surface area (Å²) >= 11 is 0. The summed E-state index contributed by atoms with van der Waals surface area (Å²) in [6.45, 7) is 0. The predicted octanol–water partition coefficient (Wildman–Crippen LogP) is 3.48. The number of rotatable bonds is 2. The summed E-state index contributed by atoms with van der Waals surface area (Å²) in [5.74, 6) is 0.227. The summed E-state index contributed by atoms with van der Waals surface area (Å²) in [5, 5.41) is 3.46. The third kappa shape index (κ3) is 3.04. The zero-order valence-electron chi connectivity index (χ0n) is 14.1. The van der Waals surface area contributed by atoms with Crippen molar-refractivity contribution in [2.24, 2.45) is 0 Å². The van der Waals surface area contributed by atoms with Gasteiger partial charge in [0.05, 0.1) is 11.2 Å². The molecule has 0 aliphatic rings. The van der Waals surface area contributed by atoms with Crippen LogP contribution in [0.4, 0.5) is 26.5 Å². The van der Waals surface area contributed by atoms with E-state index in [0.29, 0.717) is 22.7 Å². The maximum absolute atomic E-state index is 13.0. The minimum absolute atomic E-state index is 0.263. The molecular formula is C19H15FN6O. The Balaban J connectivity index is 1.78. The van der Waals surface area contributed by atoms with E-state index in [2.05, 4.69) is 15.3 Å². The fourth-order valence-corrected chi connectivity index (χ4v) is 2.93. The van der Waals surface area contributed by atoms with E-state index < -0.39 is 6.03 Å². The standard InChI is InChI=1S/C19H15FN6O/c20-11-4-6-12(7-5-11)25-19(27)26-16-3-1-2-13(14(16)8-18(26)22)15-9-17(21)24-10-23-15/h1-10H,22H2,(H,25,27)(H2,21,23,24). The van der Waals surface area contributed by atoms with Crippen LogP contribution in [0.2, 0.25) is 0 Å². The van der Waals surface area contributed by atoms with Gasteiger partial charge in [0, 0.05) is 22.7 Å². The molecule has 2 aromatic heterocycles. The first-order valence-corrected chi connectivity index (χ1v) is 8.07. The lowest BCUT2D eigenvalue weighted by Crippen LogP contribution is -2.20. The average molecular weight is 362 g/mol. The Morgan fingerprint density at radius 1 is 1.04 bits per heavy atom. The Labute approximate surface area is 153 Å². The van der Waals surface area contributed by atoms with Crippen molar-refractivity contribution < 1.29 is 9.18 Å². The van der Waals surface area contributed by atoms with Crippen LogP contribution in [0.25, 0.3) is 22.2 Å². The Hall–Kier alpha value is -3.94. The number of benzene rings is 2. The van der Waals surface area contributed by atoms with E-state index >= 15 is 0 Å². The summed E-state index contributed by atoms with van der Waals surface area (Å²) in [6.07, 6.45) is 1.38. The van der Waals surface area contributed by atoms with E-state index in [-0.39, 0.29) is 11.6 Å². The average Bonchev–Trinajstić information content (AvgIpc) is 2.99. The fourth-order valence-electron chi connectivity index (χ4n) is 2.93. The van der Waals surface area contributed by atoms with Crippen LogP contribution >= 0.6 is 0 Å². The molecule has 1 amide bonds. The summed E-state index contributed by atoms with van der Waals surface area (Å²) in [4.78, 5) is 20.9. The maximum Gasteiger partial charge on any atom is 0.332 e. The van der Waals surface area contributed by atoms with Gasteiger partial charge < -0.3 is 16.8 Å². The van der Waals surface area contributed by atoms with Gasteiger partial charge in [-0.2, -0.15) is 0 Å². The second kappa shape index (κ2) is 6.41. The Kier molecular flexibility index (Phi) is 3.92. The Morgan fingerprint density at radius 3 is 2.56 bits per heavy atom. The predicted molar refractivity (Wildman–Crippen MR) is 103 cm³/mol. The summed E-state index contributed by atoms with van der Waals surface area (Å²) in [5.41, 5.74) is 14.3. The van der Waals surface area contributed by atoms with Crippen molar-refractivity contribution in [2.75, 3.05) is 16.8 Å². The largest absolute Gasteiger partial charge is 0.385 e. The fraction of sp³-hybridized carbons (Fsp3) is 0. The molecule has 4 rings (SSSR count). The highest BCUT2D eigenvalue weighted by Gasteiger charge is 2.17. The number of aromatic nitrogens is 3. The number of amides is 1. The second-order valence-electron chi connectivity index (χ2n) is 5.91. The van der Waals surface area contributed by atoms with E-state index in [1.54, 1.807) is 24.3 Å². The van der Waals surface area contributed by atoms with Gasteiger partial charge in [-0.1, -0.05) is 12.1 Å². The normalized spacial score (nSPS) is 10.9. The van der Waals surface area contributed by atoms with Gasteiger partial charge in [0.25, 0.3) is 0 Å². The molecule has 134 valence electrons. The summed E-state index contributed by atoms with van der Waals surface area (Å²) < 4.78 is 14.4. The van der Waals surface area contributed by atoms with Crippen molar-refractivity contribution >= 4 is 34.3 Å². The summed E-state index contributed by atoms with van der Waals surface area (Å²) in [7, 11) is 0. The molecule has 27 heavy (non-hydrogen) atoms. The molecule has 4 aromatic rings. The van der Waals surface area contributed by atoms with E-state index in [1.807, 2.05) is 6.07 Å². The van der Waals surface area contributed by atoms with E-state index in [9.17, 15) is 9.18 Å². The number of nitrogens with two attached hydrogens (primary N) is 2. The van der Waals surface area contributed by atoms with Crippen LogP contribution in [0.3, 0.4) is 0 Å². The molecule has 0 saturated carbocycles. The molecule has 2 heterocycles. The highest BCUT2D eigenvalue weighted by molar-refractivity contribution is 6.06. The first-order chi connectivity index (χ1) is 13.0. The first kappa shape index (κ1) is 16.5. The number of carbonyl (C=O) groups excluding carboxylic acids is 1. The topological polar surface area (TPSA) is 112 Å². The number of nitrogens with one attached hydrogen (secondary N) is 1. The molecule has 8 heteroatoms. The molecule has 0 saturated heterocycles. The molecule has 0 radical (unpaired) electrons. The number of hydrogen-bond donors (Lipinski definition) is 3. The molecule has 0 aliphatic carbocycles. The number of anilines is 3. The third-order valence-corrected chi connectivity index (χ3v) is 4.14. The highest BCUT2D eigenvalue weighted by Crippen LogP contribution is 2.31. The van der Waals surface area contributed by atoms with Crippen molar-refractivity contribution in [3.63, 3.8) is 0 Å². The van der Waals surface area contributed by atoms with Crippen LogP contribution in [0, 0.1) is 5.82 Å². The lowest BCUT2D eigenvalue weighted by Gasteiger charge is -2.09. The molecule has 2 aromatic carbocycles. The van der Waals surface area contributed by atoms with Crippen molar-refractivity contribution in [1.82, 2.24) is 14.5 Å². The quantitative estimate of drug-likeness (QED) is 0.505. The molecule has 0 aliphatic heterocycles. The Bertz CT molecular complexity index is 1150. The van der Waals surface area contributed by atoms with Crippen LogP contribution in [0.5, 0.6) is 0 Å². The molecule has 0 unspecified atom stereocenters. The second-order valence-corrected chi connectivity index (χ2v) is 5.91. The Morgan fingerprint density at radius 2 is 1.81 bits per heavy atom. The third-order valence-electron chi connectivity index (χ3n) is 4.14. The van der Waals surface area contributed by atoms with Gasteiger partial charge in [-0.25, -0.2) is 23.7 Å². The first-order valence-electron chi connectivity index (χ1n) is 8.07. The summed E-state index contributed by atoms with van der Waals surface area (Å²) in [6, 6.07) is 13.8.